The fourth-order valence-electron chi connectivity index (χ4n) is 1.49. The molecule has 94 valence electrons. The van der Waals surface area contributed by atoms with Gasteiger partial charge in [0.25, 0.3) is 0 Å². The molecule has 0 aliphatic carbocycles. The van der Waals surface area contributed by atoms with Gasteiger partial charge < -0.3 is 14.6 Å². The van der Waals surface area contributed by atoms with Crippen molar-refractivity contribution in [3.63, 3.8) is 0 Å². The van der Waals surface area contributed by atoms with E-state index in [2.05, 4.69) is 0 Å². The number of aliphatic hydroxyl groups is 1. The summed E-state index contributed by atoms with van der Waals surface area (Å²) in [5.41, 5.74) is 0.673. The molecule has 0 fully saturated rings. The molecule has 1 aromatic carbocycles. The fraction of sp³-hybridized carbons (Fsp3) is 0.462. The molecule has 0 spiro atoms. The van der Waals surface area contributed by atoms with E-state index in [4.69, 9.17) is 9.47 Å². The summed E-state index contributed by atoms with van der Waals surface area (Å²) in [7, 11) is 1.58. The molecule has 17 heavy (non-hydrogen) atoms. The van der Waals surface area contributed by atoms with E-state index in [1.54, 1.807) is 45.2 Å². The van der Waals surface area contributed by atoms with Gasteiger partial charge in [0.1, 0.15) is 5.75 Å². The topological polar surface area (TPSA) is 55.8 Å². The van der Waals surface area contributed by atoms with Crippen LogP contribution in [0.15, 0.2) is 24.3 Å². The molecule has 4 heteroatoms. The highest BCUT2D eigenvalue weighted by molar-refractivity contribution is 5.73. The second-order valence-electron chi connectivity index (χ2n) is 3.76. The van der Waals surface area contributed by atoms with Gasteiger partial charge in [0.15, 0.2) is 0 Å². The van der Waals surface area contributed by atoms with Gasteiger partial charge in [-0.3, -0.25) is 4.79 Å². The van der Waals surface area contributed by atoms with Crippen LogP contribution in [0.5, 0.6) is 5.75 Å². The van der Waals surface area contributed by atoms with E-state index in [0.717, 1.165) is 0 Å². The maximum Gasteiger partial charge on any atom is 0.311 e. The van der Waals surface area contributed by atoms with Gasteiger partial charge in [0.05, 0.1) is 25.7 Å². The van der Waals surface area contributed by atoms with E-state index < -0.39 is 18.0 Å². The molecule has 0 aliphatic heterocycles. The summed E-state index contributed by atoms with van der Waals surface area (Å²) < 4.78 is 9.89. The van der Waals surface area contributed by atoms with Gasteiger partial charge in [-0.05, 0) is 31.5 Å². The Morgan fingerprint density at radius 3 is 2.41 bits per heavy atom. The van der Waals surface area contributed by atoms with Gasteiger partial charge in [-0.15, -0.1) is 0 Å². The molecule has 1 aromatic rings. The maximum atomic E-state index is 11.5. The van der Waals surface area contributed by atoms with Crippen molar-refractivity contribution in [2.45, 2.75) is 20.0 Å². The monoisotopic (exact) mass is 238 g/mol. The number of ether oxygens (including phenoxy) is 2. The minimum atomic E-state index is -0.861. The lowest BCUT2D eigenvalue weighted by Gasteiger charge is -2.17. The second kappa shape index (κ2) is 6.25. The van der Waals surface area contributed by atoms with Gasteiger partial charge >= 0.3 is 5.97 Å². The van der Waals surface area contributed by atoms with Crippen molar-refractivity contribution < 1.29 is 19.4 Å². The normalized spacial score (nSPS) is 13.9. The summed E-state index contributed by atoms with van der Waals surface area (Å²) >= 11 is 0. The molecule has 0 amide bonds. The van der Waals surface area contributed by atoms with Crippen molar-refractivity contribution in [1.82, 2.24) is 0 Å². The number of aliphatic hydroxyl groups excluding tert-OH is 1. The Kier molecular flexibility index (Phi) is 4.97. The third-order valence-corrected chi connectivity index (χ3v) is 2.59. The lowest BCUT2D eigenvalue weighted by molar-refractivity contribution is -0.151. The van der Waals surface area contributed by atoms with E-state index in [-0.39, 0.29) is 0 Å². The zero-order chi connectivity index (χ0) is 12.8. The largest absolute Gasteiger partial charge is 0.497 e. The zero-order valence-corrected chi connectivity index (χ0v) is 10.3. The average molecular weight is 238 g/mol. The number of methoxy groups -OCH3 is 1. The Bertz CT molecular complexity index is 358. The SMILES string of the molecule is CCOC(=O)[C@@H](C)[C@H](O)c1ccc(OC)cc1. The minimum absolute atomic E-state index is 0.318. The van der Waals surface area contributed by atoms with Crippen molar-refractivity contribution in [2.75, 3.05) is 13.7 Å². The first kappa shape index (κ1) is 13.5. The second-order valence-corrected chi connectivity index (χ2v) is 3.76. The van der Waals surface area contributed by atoms with Crippen LogP contribution in [0.2, 0.25) is 0 Å². The molecule has 1 rings (SSSR count). The van der Waals surface area contributed by atoms with Crippen molar-refractivity contribution in [3.8, 4) is 5.75 Å². The van der Waals surface area contributed by atoms with Gasteiger partial charge in [0.2, 0.25) is 0 Å². The molecular formula is C13H18O4. The summed E-state index contributed by atoms with van der Waals surface area (Å²) in [4.78, 5) is 11.5. The van der Waals surface area contributed by atoms with Crippen molar-refractivity contribution in [1.29, 1.82) is 0 Å². The third-order valence-electron chi connectivity index (χ3n) is 2.59. The molecule has 1 N–H and O–H groups in total. The van der Waals surface area contributed by atoms with Crippen LogP contribution in [0, 0.1) is 5.92 Å². The first-order valence-electron chi connectivity index (χ1n) is 5.58. The standard InChI is InChI=1S/C13H18O4/c1-4-17-13(15)9(2)12(14)10-5-7-11(16-3)8-6-10/h5-9,12,14H,4H2,1-3H3/t9-,12-/m0/s1. The van der Waals surface area contributed by atoms with Crippen LogP contribution in [0.3, 0.4) is 0 Å². The predicted octanol–water partition coefficient (Wildman–Crippen LogP) is 1.93. The quantitative estimate of drug-likeness (QED) is 0.796. The van der Waals surface area contributed by atoms with E-state index in [1.165, 1.54) is 0 Å². The van der Waals surface area contributed by atoms with Crippen LogP contribution in [-0.2, 0) is 9.53 Å². The Hall–Kier alpha value is -1.55. The molecule has 4 nitrogen and oxygen atoms in total. The number of carbonyl (C=O) groups is 1. The third kappa shape index (κ3) is 3.46. The minimum Gasteiger partial charge on any atom is -0.497 e. The van der Waals surface area contributed by atoms with Crippen molar-refractivity contribution in [2.24, 2.45) is 5.92 Å². The van der Waals surface area contributed by atoms with Crippen LogP contribution in [-0.4, -0.2) is 24.8 Å². The Labute approximate surface area is 101 Å². The molecule has 0 bridgehead atoms. The fourth-order valence-corrected chi connectivity index (χ4v) is 1.49. The first-order valence-corrected chi connectivity index (χ1v) is 5.58. The molecular weight excluding hydrogens is 220 g/mol. The molecule has 0 aliphatic rings. The highest BCUT2D eigenvalue weighted by Crippen LogP contribution is 2.24. The van der Waals surface area contributed by atoms with E-state index >= 15 is 0 Å². The van der Waals surface area contributed by atoms with Crippen molar-refractivity contribution >= 4 is 5.97 Å². The van der Waals surface area contributed by atoms with Crippen LogP contribution in [0.25, 0.3) is 0 Å². The first-order chi connectivity index (χ1) is 8.10. The summed E-state index contributed by atoms with van der Waals surface area (Å²) in [5.74, 6) is -0.260. The Morgan fingerprint density at radius 1 is 1.35 bits per heavy atom. The molecule has 0 saturated carbocycles. The number of esters is 1. The number of rotatable bonds is 5. The number of carbonyl (C=O) groups excluding carboxylic acids is 1. The average Bonchev–Trinajstić information content (AvgIpc) is 2.37. The number of hydrogen-bond acceptors (Lipinski definition) is 4. The van der Waals surface area contributed by atoms with Crippen LogP contribution < -0.4 is 4.74 Å². The predicted molar refractivity (Wildman–Crippen MR) is 63.8 cm³/mol. The van der Waals surface area contributed by atoms with E-state index in [1.807, 2.05) is 0 Å². The molecule has 2 atom stereocenters. The summed E-state index contributed by atoms with van der Waals surface area (Å²) in [6, 6.07) is 6.96. The molecule has 0 unspecified atom stereocenters. The summed E-state index contributed by atoms with van der Waals surface area (Å²) in [6.07, 6.45) is -0.861. The number of benzene rings is 1. The molecule has 0 saturated heterocycles. The Balaban J connectivity index is 2.73. The van der Waals surface area contributed by atoms with Gasteiger partial charge in [0, 0.05) is 0 Å². The van der Waals surface area contributed by atoms with Gasteiger partial charge in [-0.1, -0.05) is 12.1 Å². The lowest BCUT2D eigenvalue weighted by atomic mass is 9.97. The van der Waals surface area contributed by atoms with Gasteiger partial charge in [-0.2, -0.15) is 0 Å². The zero-order valence-electron chi connectivity index (χ0n) is 10.3. The Morgan fingerprint density at radius 2 is 1.94 bits per heavy atom. The molecule has 0 heterocycles. The smallest absolute Gasteiger partial charge is 0.311 e. The van der Waals surface area contributed by atoms with Crippen LogP contribution in [0.4, 0.5) is 0 Å². The molecule has 0 radical (unpaired) electrons. The van der Waals surface area contributed by atoms with E-state index in [9.17, 15) is 9.90 Å². The maximum absolute atomic E-state index is 11.5. The summed E-state index contributed by atoms with van der Waals surface area (Å²) in [6.45, 7) is 3.70. The summed E-state index contributed by atoms with van der Waals surface area (Å²) in [5, 5.41) is 10.0. The lowest BCUT2D eigenvalue weighted by Crippen LogP contribution is -2.21. The van der Waals surface area contributed by atoms with E-state index in [0.29, 0.717) is 17.9 Å². The highest BCUT2D eigenvalue weighted by atomic mass is 16.5. The van der Waals surface area contributed by atoms with Crippen LogP contribution >= 0.6 is 0 Å². The number of hydrogen-bond donors (Lipinski definition) is 1. The van der Waals surface area contributed by atoms with Crippen LogP contribution in [0.1, 0.15) is 25.5 Å². The van der Waals surface area contributed by atoms with Crippen molar-refractivity contribution in [3.05, 3.63) is 29.8 Å². The highest BCUT2D eigenvalue weighted by Gasteiger charge is 2.24. The van der Waals surface area contributed by atoms with Gasteiger partial charge in [-0.25, -0.2) is 0 Å². The molecule has 0 aromatic heterocycles.